The molecule has 0 aromatic heterocycles. The van der Waals surface area contributed by atoms with E-state index in [-0.39, 0.29) is 16.3 Å². The summed E-state index contributed by atoms with van der Waals surface area (Å²) in [4.78, 5) is 35.7. The number of benzene rings is 1. The molecular formula is C9H7ClN2O6. The fraction of sp³-hybridized carbons (Fsp3) is 0.111. The summed E-state index contributed by atoms with van der Waals surface area (Å²) in [7, 11) is 0. The molecule has 0 spiro atoms. The molecule has 1 rings (SSSR count). The number of hydrogen-bond donors (Lipinski definition) is 2. The van der Waals surface area contributed by atoms with Gasteiger partial charge in [-0.3, -0.25) is 19.7 Å². The van der Waals surface area contributed by atoms with Crippen LogP contribution in [0.3, 0.4) is 0 Å². The van der Waals surface area contributed by atoms with Crippen LogP contribution >= 0.6 is 11.6 Å². The largest absolute Gasteiger partial charge is 0.479 e. The van der Waals surface area contributed by atoms with Crippen LogP contribution in [0.2, 0.25) is 5.02 Å². The standard InChI is InChI=1S/C9H7ClN2O6/c10-6-3-5(1-2-7(6)12(16)17)9(15)11-18-4-8(13)14/h1-3H,4H2,(H,11,15)(H,13,14). The molecule has 0 fully saturated rings. The van der Waals surface area contributed by atoms with Gasteiger partial charge in [0, 0.05) is 11.6 Å². The highest BCUT2D eigenvalue weighted by molar-refractivity contribution is 6.33. The first-order valence-electron chi connectivity index (χ1n) is 4.49. The molecule has 1 amide bonds. The average Bonchev–Trinajstić information content (AvgIpc) is 2.27. The van der Waals surface area contributed by atoms with Gasteiger partial charge in [-0.05, 0) is 12.1 Å². The fourth-order valence-corrected chi connectivity index (χ4v) is 1.27. The number of nitrogens with one attached hydrogen (secondary N) is 1. The van der Waals surface area contributed by atoms with Gasteiger partial charge in [-0.1, -0.05) is 11.6 Å². The van der Waals surface area contributed by atoms with Crippen LogP contribution < -0.4 is 5.48 Å². The molecule has 0 unspecified atom stereocenters. The first kappa shape index (κ1) is 13.9. The normalized spacial score (nSPS) is 9.83. The van der Waals surface area contributed by atoms with Crippen LogP contribution in [-0.4, -0.2) is 28.5 Å². The lowest BCUT2D eigenvalue weighted by atomic mass is 10.2. The van der Waals surface area contributed by atoms with Crippen molar-refractivity contribution in [1.82, 2.24) is 5.48 Å². The molecule has 0 radical (unpaired) electrons. The Morgan fingerprint density at radius 2 is 2.17 bits per heavy atom. The maximum atomic E-state index is 11.4. The number of carbonyl (C=O) groups is 2. The van der Waals surface area contributed by atoms with Crippen LogP contribution in [0.1, 0.15) is 10.4 Å². The van der Waals surface area contributed by atoms with Gasteiger partial charge in [-0.2, -0.15) is 0 Å². The van der Waals surface area contributed by atoms with E-state index in [1.165, 1.54) is 6.07 Å². The van der Waals surface area contributed by atoms with Gasteiger partial charge in [0.1, 0.15) is 5.02 Å². The number of hydrogen-bond acceptors (Lipinski definition) is 5. The van der Waals surface area contributed by atoms with E-state index in [9.17, 15) is 19.7 Å². The van der Waals surface area contributed by atoms with Crippen molar-refractivity contribution in [1.29, 1.82) is 0 Å². The second-order valence-corrected chi connectivity index (χ2v) is 3.44. The van der Waals surface area contributed by atoms with Crippen LogP contribution in [0.15, 0.2) is 18.2 Å². The number of nitro groups is 1. The number of nitrogens with zero attached hydrogens (tertiary/aromatic N) is 1. The third kappa shape index (κ3) is 3.68. The second kappa shape index (κ2) is 5.94. The molecule has 8 nitrogen and oxygen atoms in total. The predicted octanol–water partition coefficient (Wildman–Crippen LogP) is 0.994. The van der Waals surface area contributed by atoms with Crippen LogP contribution in [0.25, 0.3) is 0 Å². The van der Waals surface area contributed by atoms with Gasteiger partial charge in [0.15, 0.2) is 6.61 Å². The Morgan fingerprint density at radius 3 is 2.67 bits per heavy atom. The Kier molecular flexibility index (Phi) is 4.58. The number of carboxylic acid groups (broad SMARTS) is 1. The molecule has 0 saturated carbocycles. The Labute approximate surface area is 105 Å². The first-order chi connectivity index (χ1) is 8.41. The second-order valence-electron chi connectivity index (χ2n) is 3.04. The van der Waals surface area contributed by atoms with Crippen molar-refractivity contribution in [2.24, 2.45) is 0 Å². The molecule has 0 saturated heterocycles. The van der Waals surface area contributed by atoms with Gasteiger partial charge < -0.3 is 5.11 Å². The smallest absolute Gasteiger partial charge is 0.332 e. The summed E-state index contributed by atoms with van der Waals surface area (Å²) >= 11 is 5.60. The minimum absolute atomic E-state index is 0.0102. The molecule has 0 aliphatic rings. The Hall–Kier alpha value is -2.19. The lowest BCUT2D eigenvalue weighted by Crippen LogP contribution is -2.26. The zero-order chi connectivity index (χ0) is 13.7. The van der Waals surface area contributed by atoms with Gasteiger partial charge in [-0.15, -0.1) is 0 Å². The maximum absolute atomic E-state index is 11.4. The molecule has 0 atom stereocenters. The molecule has 2 N–H and O–H groups in total. The SMILES string of the molecule is O=C(O)CONC(=O)c1ccc([N+](=O)[O-])c(Cl)c1. The summed E-state index contributed by atoms with van der Waals surface area (Å²) in [5.74, 6) is -2.01. The van der Waals surface area contributed by atoms with Crippen molar-refractivity contribution in [3.8, 4) is 0 Å². The summed E-state index contributed by atoms with van der Waals surface area (Å²) in [5, 5.41) is 18.5. The molecule has 18 heavy (non-hydrogen) atoms. The summed E-state index contributed by atoms with van der Waals surface area (Å²) in [5.41, 5.74) is 1.53. The molecule has 0 aliphatic carbocycles. The van der Waals surface area contributed by atoms with Crippen molar-refractivity contribution in [3.63, 3.8) is 0 Å². The predicted molar refractivity (Wildman–Crippen MR) is 59.2 cm³/mol. The van der Waals surface area contributed by atoms with Crippen LogP contribution in [0, 0.1) is 10.1 Å². The van der Waals surface area contributed by atoms with E-state index in [1.54, 1.807) is 0 Å². The zero-order valence-electron chi connectivity index (χ0n) is 8.75. The number of amides is 1. The summed E-state index contributed by atoms with van der Waals surface area (Å²) in [6.07, 6.45) is 0. The van der Waals surface area contributed by atoms with Crippen molar-refractivity contribution >= 4 is 29.2 Å². The maximum Gasteiger partial charge on any atom is 0.332 e. The molecule has 96 valence electrons. The summed E-state index contributed by atoms with van der Waals surface area (Å²) in [6.45, 7) is -0.702. The van der Waals surface area contributed by atoms with Crippen molar-refractivity contribution in [2.45, 2.75) is 0 Å². The highest BCUT2D eigenvalue weighted by atomic mass is 35.5. The minimum atomic E-state index is -1.25. The topological polar surface area (TPSA) is 119 Å². The zero-order valence-corrected chi connectivity index (χ0v) is 9.51. The van der Waals surface area contributed by atoms with Gasteiger partial charge in [0.25, 0.3) is 11.6 Å². The molecule has 9 heteroatoms. The number of nitro benzene ring substituents is 1. The number of carboxylic acids is 1. The molecule has 0 heterocycles. The number of carbonyl (C=O) groups excluding carboxylic acids is 1. The monoisotopic (exact) mass is 274 g/mol. The van der Waals surface area contributed by atoms with Gasteiger partial charge in [0.2, 0.25) is 0 Å². The highest BCUT2D eigenvalue weighted by Crippen LogP contribution is 2.24. The van der Waals surface area contributed by atoms with E-state index in [0.29, 0.717) is 0 Å². The number of rotatable bonds is 5. The lowest BCUT2D eigenvalue weighted by molar-refractivity contribution is -0.384. The van der Waals surface area contributed by atoms with Crippen molar-refractivity contribution in [3.05, 3.63) is 38.9 Å². The van der Waals surface area contributed by atoms with Gasteiger partial charge >= 0.3 is 5.97 Å². The molecule has 0 aliphatic heterocycles. The van der Waals surface area contributed by atoms with Crippen molar-refractivity contribution in [2.75, 3.05) is 6.61 Å². The fourth-order valence-electron chi connectivity index (χ4n) is 1.02. The Morgan fingerprint density at radius 1 is 1.50 bits per heavy atom. The summed E-state index contributed by atoms with van der Waals surface area (Å²) in [6, 6.07) is 3.32. The number of aliphatic carboxylic acids is 1. The third-order valence-electron chi connectivity index (χ3n) is 1.77. The highest BCUT2D eigenvalue weighted by Gasteiger charge is 2.15. The van der Waals surface area contributed by atoms with E-state index < -0.39 is 23.4 Å². The lowest BCUT2D eigenvalue weighted by Gasteiger charge is -2.04. The van der Waals surface area contributed by atoms with Crippen LogP contribution in [-0.2, 0) is 9.63 Å². The summed E-state index contributed by atoms with van der Waals surface area (Å²) < 4.78 is 0. The number of halogens is 1. The van der Waals surface area contributed by atoms with Gasteiger partial charge in [-0.25, -0.2) is 10.3 Å². The quantitative estimate of drug-likeness (QED) is 0.610. The average molecular weight is 275 g/mol. The first-order valence-corrected chi connectivity index (χ1v) is 4.87. The molecule has 0 bridgehead atoms. The van der Waals surface area contributed by atoms with E-state index >= 15 is 0 Å². The van der Waals surface area contributed by atoms with Crippen LogP contribution in [0.5, 0.6) is 0 Å². The molecular weight excluding hydrogens is 268 g/mol. The molecule has 1 aromatic carbocycles. The van der Waals surface area contributed by atoms with Crippen LogP contribution in [0.4, 0.5) is 5.69 Å². The van der Waals surface area contributed by atoms with Crippen molar-refractivity contribution < 1.29 is 24.5 Å². The van der Waals surface area contributed by atoms with E-state index in [1.807, 2.05) is 5.48 Å². The van der Waals surface area contributed by atoms with E-state index in [0.717, 1.165) is 12.1 Å². The molecule has 1 aromatic rings. The third-order valence-corrected chi connectivity index (χ3v) is 2.07. The minimum Gasteiger partial charge on any atom is -0.479 e. The van der Waals surface area contributed by atoms with E-state index in [2.05, 4.69) is 4.84 Å². The Bertz CT molecular complexity index is 504. The number of hydroxylamine groups is 1. The van der Waals surface area contributed by atoms with E-state index in [4.69, 9.17) is 16.7 Å². The Balaban J connectivity index is 2.72. The van der Waals surface area contributed by atoms with Gasteiger partial charge in [0.05, 0.1) is 4.92 Å².